The highest BCUT2D eigenvalue weighted by Gasteiger charge is 2.28. The normalized spacial score (nSPS) is 13.8. The van der Waals surface area contributed by atoms with E-state index in [0.29, 0.717) is 22.1 Å². The van der Waals surface area contributed by atoms with Crippen molar-refractivity contribution >= 4 is 27.7 Å². The Kier molecular flexibility index (Phi) is 7.43. The predicted molar refractivity (Wildman–Crippen MR) is 159 cm³/mol. The molecule has 1 aliphatic rings. The molecule has 0 aliphatic heterocycles. The van der Waals surface area contributed by atoms with Crippen molar-refractivity contribution in [2.45, 2.75) is 0 Å². The summed E-state index contributed by atoms with van der Waals surface area (Å²) in [5, 5.41) is 0.800. The SMILES string of the molecule is O=C1C=CC(c2cccc3cccc(-c4c(F)c(F)c(F)c(F)c4F)c23)=C/C1=C/C=C(c1ccccc1)c1ccccc1. The fourth-order valence-electron chi connectivity index (χ4n) is 5.25. The minimum Gasteiger partial charge on any atom is -0.289 e. The summed E-state index contributed by atoms with van der Waals surface area (Å²) in [5.74, 6) is -10.3. The second-order valence-electron chi connectivity index (χ2n) is 9.89. The number of hydrogen-bond acceptors (Lipinski definition) is 1. The van der Waals surface area contributed by atoms with Crippen molar-refractivity contribution in [3.8, 4) is 11.1 Å². The molecule has 5 aromatic rings. The largest absolute Gasteiger partial charge is 0.289 e. The van der Waals surface area contributed by atoms with Crippen LogP contribution in [0.5, 0.6) is 0 Å². The molecule has 0 bridgehead atoms. The lowest BCUT2D eigenvalue weighted by atomic mass is 9.88. The van der Waals surface area contributed by atoms with E-state index in [2.05, 4.69) is 0 Å². The molecule has 43 heavy (non-hydrogen) atoms. The summed E-state index contributed by atoms with van der Waals surface area (Å²) in [6.07, 6.45) is 8.17. The molecule has 5 aromatic carbocycles. The topological polar surface area (TPSA) is 17.1 Å². The van der Waals surface area contributed by atoms with Crippen LogP contribution in [-0.4, -0.2) is 5.78 Å². The van der Waals surface area contributed by atoms with Gasteiger partial charge in [0.1, 0.15) is 0 Å². The molecule has 0 N–H and O–H groups in total. The maximum absolute atomic E-state index is 14.9. The molecule has 1 aliphatic carbocycles. The van der Waals surface area contributed by atoms with Crippen molar-refractivity contribution in [3.63, 3.8) is 0 Å². The summed E-state index contributed by atoms with van der Waals surface area (Å²) in [7, 11) is 0. The lowest BCUT2D eigenvalue weighted by Crippen LogP contribution is -2.05. The molecule has 0 unspecified atom stereocenters. The van der Waals surface area contributed by atoms with Crippen molar-refractivity contribution in [1.82, 2.24) is 0 Å². The Morgan fingerprint density at radius 1 is 0.558 bits per heavy atom. The van der Waals surface area contributed by atoms with Crippen LogP contribution in [0.4, 0.5) is 22.0 Å². The maximum atomic E-state index is 14.9. The highest BCUT2D eigenvalue weighted by atomic mass is 19.2. The van der Waals surface area contributed by atoms with Crippen LogP contribution in [0.3, 0.4) is 0 Å². The number of ketones is 1. The summed E-state index contributed by atoms with van der Waals surface area (Å²) < 4.78 is 72.1. The molecule has 0 fully saturated rings. The second kappa shape index (κ2) is 11.5. The molecule has 0 saturated heterocycles. The van der Waals surface area contributed by atoms with Crippen LogP contribution in [0.2, 0.25) is 0 Å². The number of rotatable bonds is 5. The first-order valence-electron chi connectivity index (χ1n) is 13.4. The van der Waals surface area contributed by atoms with E-state index in [0.717, 1.165) is 16.7 Å². The predicted octanol–water partition coefficient (Wildman–Crippen LogP) is 9.78. The fraction of sp³-hybridized carbons (Fsp3) is 0. The lowest BCUT2D eigenvalue weighted by molar-refractivity contribution is -0.111. The van der Waals surface area contributed by atoms with Gasteiger partial charge < -0.3 is 0 Å². The third-order valence-electron chi connectivity index (χ3n) is 7.30. The van der Waals surface area contributed by atoms with Crippen LogP contribution in [0.15, 0.2) is 133 Å². The average molecular weight is 577 g/mol. The summed E-state index contributed by atoms with van der Waals surface area (Å²) in [4.78, 5) is 13.0. The molecule has 0 atom stereocenters. The molecule has 1 nitrogen and oxygen atoms in total. The fourth-order valence-corrected chi connectivity index (χ4v) is 5.25. The van der Waals surface area contributed by atoms with Gasteiger partial charge in [0.15, 0.2) is 29.1 Å². The first-order valence-corrected chi connectivity index (χ1v) is 13.4. The van der Waals surface area contributed by atoms with Gasteiger partial charge in [-0.05, 0) is 56.3 Å². The summed E-state index contributed by atoms with van der Waals surface area (Å²) >= 11 is 0. The van der Waals surface area contributed by atoms with Crippen LogP contribution >= 0.6 is 0 Å². The van der Waals surface area contributed by atoms with Gasteiger partial charge in [-0.15, -0.1) is 0 Å². The molecule has 0 aromatic heterocycles. The standard InChI is InChI=1S/C37H21F5O/c38-33-32(34(39)36(41)37(42)35(33)40)29-16-8-14-24-13-7-15-28(31(24)29)25-18-20-30(43)26(21-25)17-19-27(22-9-3-1-4-10-22)23-11-5-2-6-12-23/h1-21H/b26-17-. The molecule has 0 spiro atoms. The zero-order chi connectivity index (χ0) is 30.1. The first kappa shape index (κ1) is 27.8. The quantitative estimate of drug-likeness (QED) is 0.0881. The number of benzene rings is 5. The number of carbonyl (C=O) groups is 1. The van der Waals surface area contributed by atoms with Gasteiger partial charge in [-0.3, -0.25) is 4.79 Å². The van der Waals surface area contributed by atoms with E-state index < -0.39 is 34.6 Å². The van der Waals surface area contributed by atoms with E-state index in [1.165, 1.54) is 18.2 Å². The molecule has 0 saturated carbocycles. The average Bonchev–Trinajstić information content (AvgIpc) is 3.04. The zero-order valence-corrected chi connectivity index (χ0v) is 22.4. The smallest absolute Gasteiger partial charge is 0.200 e. The van der Waals surface area contributed by atoms with E-state index in [4.69, 9.17) is 0 Å². The minimum absolute atomic E-state index is 0.159. The van der Waals surface area contributed by atoms with Crippen molar-refractivity contribution < 1.29 is 26.7 Å². The molecule has 0 amide bonds. The van der Waals surface area contributed by atoms with E-state index in [1.54, 1.807) is 42.5 Å². The monoisotopic (exact) mass is 576 g/mol. The van der Waals surface area contributed by atoms with E-state index >= 15 is 0 Å². The van der Waals surface area contributed by atoms with Crippen molar-refractivity contribution in [1.29, 1.82) is 0 Å². The molecule has 0 radical (unpaired) electrons. The lowest BCUT2D eigenvalue weighted by Gasteiger charge is -2.16. The third kappa shape index (κ3) is 5.12. The van der Waals surface area contributed by atoms with Crippen molar-refractivity contribution in [2.75, 3.05) is 0 Å². The molecule has 6 heteroatoms. The summed E-state index contributed by atoms with van der Waals surface area (Å²) in [5.41, 5.74) is 2.97. The summed E-state index contributed by atoms with van der Waals surface area (Å²) in [6, 6.07) is 29.0. The highest BCUT2D eigenvalue weighted by Crippen LogP contribution is 2.40. The van der Waals surface area contributed by atoms with Crippen LogP contribution in [-0.2, 0) is 4.79 Å². The van der Waals surface area contributed by atoms with E-state index in [1.807, 2.05) is 66.7 Å². The number of fused-ring (bicyclic) bond motifs is 1. The van der Waals surface area contributed by atoms with Gasteiger partial charge >= 0.3 is 0 Å². The van der Waals surface area contributed by atoms with E-state index in [9.17, 15) is 26.7 Å². The number of halogens is 5. The molecule has 210 valence electrons. The van der Waals surface area contributed by atoms with Crippen LogP contribution in [0, 0.1) is 29.1 Å². The van der Waals surface area contributed by atoms with E-state index in [-0.39, 0.29) is 16.7 Å². The Bertz CT molecular complexity index is 1940. The van der Waals surface area contributed by atoms with Crippen LogP contribution in [0.25, 0.3) is 33.0 Å². The Hall–Kier alpha value is -5.36. The maximum Gasteiger partial charge on any atom is 0.200 e. The minimum atomic E-state index is -2.22. The zero-order valence-electron chi connectivity index (χ0n) is 22.4. The second-order valence-corrected chi connectivity index (χ2v) is 9.89. The Morgan fingerprint density at radius 2 is 1.09 bits per heavy atom. The molecule has 6 rings (SSSR count). The van der Waals surface area contributed by atoms with Gasteiger partial charge in [-0.25, -0.2) is 22.0 Å². The van der Waals surface area contributed by atoms with Gasteiger partial charge in [0.05, 0.1) is 5.56 Å². The Balaban J connectivity index is 1.53. The Morgan fingerprint density at radius 3 is 1.67 bits per heavy atom. The number of hydrogen-bond donors (Lipinski definition) is 0. The van der Waals surface area contributed by atoms with Gasteiger partial charge in [-0.2, -0.15) is 0 Å². The number of carbonyl (C=O) groups excluding carboxylic acids is 1. The summed E-state index contributed by atoms with van der Waals surface area (Å²) in [6.45, 7) is 0. The number of allylic oxidation sites excluding steroid dienone is 7. The van der Waals surface area contributed by atoms with Crippen molar-refractivity contribution in [3.05, 3.63) is 179 Å². The van der Waals surface area contributed by atoms with Gasteiger partial charge in [-0.1, -0.05) is 115 Å². The van der Waals surface area contributed by atoms with Crippen LogP contribution < -0.4 is 0 Å². The van der Waals surface area contributed by atoms with Crippen LogP contribution in [0.1, 0.15) is 16.7 Å². The van der Waals surface area contributed by atoms with Crippen molar-refractivity contribution in [2.24, 2.45) is 0 Å². The van der Waals surface area contributed by atoms with Gasteiger partial charge in [0, 0.05) is 5.57 Å². The highest BCUT2D eigenvalue weighted by molar-refractivity contribution is 6.14. The first-order chi connectivity index (χ1) is 20.8. The molecular weight excluding hydrogens is 555 g/mol. The third-order valence-corrected chi connectivity index (χ3v) is 7.30. The molecular formula is C37H21F5O. The van der Waals surface area contributed by atoms with Gasteiger partial charge in [0.25, 0.3) is 0 Å². The molecule has 0 heterocycles. The Labute approximate surface area is 244 Å². The van der Waals surface area contributed by atoms with Gasteiger partial charge in [0.2, 0.25) is 5.82 Å².